The molecule has 0 saturated heterocycles. The maximum Gasteiger partial charge on any atom is 0.347 e. The van der Waals surface area contributed by atoms with Crippen molar-refractivity contribution in [2.45, 2.75) is 20.8 Å². The minimum absolute atomic E-state index is 0.0875. The van der Waals surface area contributed by atoms with Crippen LogP contribution in [-0.2, 0) is 0 Å². The summed E-state index contributed by atoms with van der Waals surface area (Å²) in [7, 11) is 0. The third kappa shape index (κ3) is 3.46. The Balaban J connectivity index is 2.06. The van der Waals surface area contributed by atoms with Crippen LogP contribution in [0.4, 0.5) is 0 Å². The zero-order valence-corrected chi connectivity index (χ0v) is 12.8. The molecule has 0 amide bonds. The van der Waals surface area contributed by atoms with Gasteiger partial charge in [0.2, 0.25) is 5.78 Å². The van der Waals surface area contributed by atoms with Crippen molar-refractivity contribution in [3.8, 4) is 5.75 Å². The van der Waals surface area contributed by atoms with Gasteiger partial charge in [-0.25, -0.2) is 9.78 Å². The molecule has 0 fully saturated rings. The number of aromatic carboxylic acids is 1. The number of aromatic nitrogens is 1. The number of ether oxygens (including phenoxy) is 1. The molecule has 0 radical (unpaired) electrons. The number of carboxylic acid groups (broad SMARTS) is 1. The van der Waals surface area contributed by atoms with E-state index in [0.717, 1.165) is 22.5 Å². The first-order valence-corrected chi connectivity index (χ1v) is 7.14. The van der Waals surface area contributed by atoms with Gasteiger partial charge < -0.3 is 9.84 Å². The number of aryl methyl sites for hydroxylation is 3. The summed E-state index contributed by atoms with van der Waals surface area (Å²) in [6.45, 7) is 5.37. The molecule has 6 heteroatoms. The lowest BCUT2D eigenvalue weighted by molar-refractivity contribution is 0.0701. The Bertz CT molecular complexity index is 706. The average molecular weight is 305 g/mol. The molecule has 0 aliphatic heterocycles. The van der Waals surface area contributed by atoms with E-state index in [1.807, 2.05) is 26.0 Å². The third-order valence-corrected chi connectivity index (χ3v) is 4.26. The van der Waals surface area contributed by atoms with E-state index in [2.05, 4.69) is 4.98 Å². The molecule has 0 unspecified atom stereocenters. The topological polar surface area (TPSA) is 76.5 Å². The lowest BCUT2D eigenvalue weighted by Crippen LogP contribution is -2.11. The molecule has 1 N–H and O–H groups in total. The highest BCUT2D eigenvalue weighted by atomic mass is 32.1. The molecular weight excluding hydrogens is 290 g/mol. The van der Waals surface area contributed by atoms with Gasteiger partial charge in [-0.3, -0.25) is 4.79 Å². The van der Waals surface area contributed by atoms with Gasteiger partial charge in [-0.05, 0) is 44.0 Å². The van der Waals surface area contributed by atoms with E-state index in [4.69, 9.17) is 9.84 Å². The van der Waals surface area contributed by atoms with Gasteiger partial charge in [-0.2, -0.15) is 0 Å². The monoisotopic (exact) mass is 305 g/mol. The van der Waals surface area contributed by atoms with E-state index in [0.29, 0.717) is 11.4 Å². The number of hydrogen-bond acceptors (Lipinski definition) is 5. The fourth-order valence-corrected chi connectivity index (χ4v) is 2.56. The second-order valence-corrected chi connectivity index (χ2v) is 5.70. The average Bonchev–Trinajstić information content (AvgIpc) is 2.82. The summed E-state index contributed by atoms with van der Waals surface area (Å²) in [5.41, 5.74) is 2.58. The summed E-state index contributed by atoms with van der Waals surface area (Å²) < 4.78 is 5.44. The zero-order valence-electron chi connectivity index (χ0n) is 12.0. The summed E-state index contributed by atoms with van der Waals surface area (Å²) in [5, 5.41) is 9.11. The van der Waals surface area contributed by atoms with Crippen molar-refractivity contribution in [2.75, 3.05) is 6.61 Å². The highest BCUT2D eigenvalue weighted by Crippen LogP contribution is 2.20. The SMILES string of the molecule is Cc1ccc(OCC(=O)c2nc(C)c(C(=O)O)s2)cc1C. The van der Waals surface area contributed by atoms with Crippen LogP contribution in [0, 0.1) is 20.8 Å². The van der Waals surface area contributed by atoms with Crippen LogP contribution in [0.2, 0.25) is 0 Å². The van der Waals surface area contributed by atoms with Crippen molar-refractivity contribution < 1.29 is 19.4 Å². The number of carboxylic acids is 1. The van der Waals surface area contributed by atoms with Crippen LogP contribution in [0.5, 0.6) is 5.75 Å². The van der Waals surface area contributed by atoms with Gasteiger partial charge in [0.05, 0.1) is 5.69 Å². The number of carbonyl (C=O) groups excluding carboxylic acids is 1. The lowest BCUT2D eigenvalue weighted by atomic mass is 10.1. The third-order valence-electron chi connectivity index (χ3n) is 3.08. The number of benzene rings is 1. The van der Waals surface area contributed by atoms with Gasteiger partial charge in [0.15, 0.2) is 11.6 Å². The molecule has 5 nitrogen and oxygen atoms in total. The predicted octanol–water partition coefficient (Wildman–Crippen LogP) is 3.03. The molecule has 0 atom stereocenters. The van der Waals surface area contributed by atoms with E-state index in [1.54, 1.807) is 13.0 Å². The number of nitrogens with zero attached hydrogens (tertiary/aromatic N) is 1. The van der Waals surface area contributed by atoms with Crippen molar-refractivity contribution in [1.82, 2.24) is 4.98 Å². The smallest absolute Gasteiger partial charge is 0.347 e. The Labute approximate surface area is 126 Å². The van der Waals surface area contributed by atoms with E-state index < -0.39 is 5.97 Å². The van der Waals surface area contributed by atoms with Gasteiger partial charge >= 0.3 is 5.97 Å². The Morgan fingerprint density at radius 3 is 2.52 bits per heavy atom. The van der Waals surface area contributed by atoms with E-state index >= 15 is 0 Å². The van der Waals surface area contributed by atoms with E-state index in [9.17, 15) is 9.59 Å². The lowest BCUT2D eigenvalue weighted by Gasteiger charge is -2.06. The first kappa shape index (κ1) is 15.2. The Kier molecular flexibility index (Phi) is 4.37. The molecule has 0 aliphatic rings. The molecular formula is C15H15NO4S. The Morgan fingerprint density at radius 1 is 1.24 bits per heavy atom. The van der Waals surface area contributed by atoms with Crippen LogP contribution in [0.1, 0.15) is 36.3 Å². The first-order chi connectivity index (χ1) is 9.88. The molecule has 2 rings (SSSR count). The van der Waals surface area contributed by atoms with Crippen molar-refractivity contribution in [3.63, 3.8) is 0 Å². The van der Waals surface area contributed by atoms with Crippen LogP contribution in [0.25, 0.3) is 0 Å². The maximum atomic E-state index is 12.0. The molecule has 1 heterocycles. The standard InChI is InChI=1S/C15H15NO4S/c1-8-4-5-11(6-9(8)2)20-7-12(17)14-16-10(3)13(21-14)15(18)19/h4-6H,7H2,1-3H3,(H,18,19). The van der Waals surface area contributed by atoms with Crippen LogP contribution in [-0.4, -0.2) is 28.4 Å². The molecule has 21 heavy (non-hydrogen) atoms. The summed E-state index contributed by atoms with van der Waals surface area (Å²) in [6, 6.07) is 5.58. The Morgan fingerprint density at radius 2 is 1.95 bits per heavy atom. The second kappa shape index (κ2) is 6.05. The predicted molar refractivity (Wildman–Crippen MR) is 79.6 cm³/mol. The molecule has 0 bridgehead atoms. The fraction of sp³-hybridized carbons (Fsp3) is 0.267. The quantitative estimate of drug-likeness (QED) is 0.859. The largest absolute Gasteiger partial charge is 0.485 e. The number of thiazole rings is 1. The van der Waals surface area contributed by atoms with Crippen LogP contribution < -0.4 is 4.74 Å². The second-order valence-electron chi connectivity index (χ2n) is 4.70. The summed E-state index contributed by atoms with van der Waals surface area (Å²) in [6.07, 6.45) is 0. The number of Topliss-reactive ketones (excluding diaryl/α,β-unsaturated/α-hetero) is 1. The maximum absolute atomic E-state index is 12.0. The van der Waals surface area contributed by atoms with Gasteiger partial charge in [0.25, 0.3) is 0 Å². The number of rotatable bonds is 5. The summed E-state index contributed by atoms with van der Waals surface area (Å²) in [5.74, 6) is -0.786. The van der Waals surface area contributed by atoms with Crippen LogP contribution >= 0.6 is 11.3 Å². The zero-order chi connectivity index (χ0) is 15.6. The summed E-state index contributed by atoms with van der Waals surface area (Å²) >= 11 is 0.876. The van der Waals surface area contributed by atoms with Gasteiger partial charge in [-0.1, -0.05) is 6.07 Å². The number of carbonyl (C=O) groups is 2. The Hall–Kier alpha value is -2.21. The highest BCUT2D eigenvalue weighted by Gasteiger charge is 2.19. The van der Waals surface area contributed by atoms with Gasteiger partial charge in [-0.15, -0.1) is 11.3 Å². The first-order valence-electron chi connectivity index (χ1n) is 6.32. The van der Waals surface area contributed by atoms with E-state index in [-0.39, 0.29) is 22.3 Å². The molecule has 0 spiro atoms. The minimum atomic E-state index is -1.07. The van der Waals surface area contributed by atoms with Gasteiger partial charge in [0.1, 0.15) is 10.6 Å². The van der Waals surface area contributed by atoms with Crippen LogP contribution in [0.15, 0.2) is 18.2 Å². The van der Waals surface area contributed by atoms with E-state index in [1.165, 1.54) is 0 Å². The highest BCUT2D eigenvalue weighted by molar-refractivity contribution is 7.15. The minimum Gasteiger partial charge on any atom is -0.485 e. The number of hydrogen-bond donors (Lipinski definition) is 1. The van der Waals surface area contributed by atoms with Crippen molar-refractivity contribution in [1.29, 1.82) is 0 Å². The number of ketones is 1. The van der Waals surface area contributed by atoms with Crippen molar-refractivity contribution in [3.05, 3.63) is 44.9 Å². The normalized spacial score (nSPS) is 10.4. The van der Waals surface area contributed by atoms with Crippen LogP contribution in [0.3, 0.4) is 0 Å². The van der Waals surface area contributed by atoms with Gasteiger partial charge in [0, 0.05) is 0 Å². The van der Waals surface area contributed by atoms with Crippen molar-refractivity contribution in [2.24, 2.45) is 0 Å². The molecule has 1 aromatic heterocycles. The molecule has 110 valence electrons. The molecule has 2 aromatic rings. The van der Waals surface area contributed by atoms with Crippen molar-refractivity contribution >= 4 is 23.1 Å². The molecule has 1 aromatic carbocycles. The summed E-state index contributed by atoms with van der Waals surface area (Å²) in [4.78, 5) is 27.0. The molecule has 0 aliphatic carbocycles. The molecule has 0 saturated carbocycles. The fourth-order valence-electron chi connectivity index (χ4n) is 1.73.